The van der Waals surface area contributed by atoms with Gasteiger partial charge in [-0.1, -0.05) is 48.5 Å². The van der Waals surface area contributed by atoms with Crippen LogP contribution in [0.25, 0.3) is 38.9 Å². The molecule has 3 aromatic carbocycles. The van der Waals surface area contributed by atoms with Gasteiger partial charge in [0.25, 0.3) is 0 Å². The summed E-state index contributed by atoms with van der Waals surface area (Å²) in [6.45, 7) is 0. The fraction of sp³-hybridized carbons (Fsp3) is 0. The summed E-state index contributed by atoms with van der Waals surface area (Å²) in [6.07, 6.45) is 0. The monoisotopic (exact) mass is 477 g/mol. The lowest BCUT2D eigenvalue weighted by Crippen LogP contribution is -1.97. The highest BCUT2D eigenvalue weighted by atomic mass is 79.9. The van der Waals surface area contributed by atoms with E-state index in [1.54, 1.807) is 0 Å². The van der Waals surface area contributed by atoms with Gasteiger partial charge in [0.2, 0.25) is 0 Å². The van der Waals surface area contributed by atoms with E-state index in [9.17, 15) is 0 Å². The molecule has 5 heteroatoms. The first-order valence-corrected chi connectivity index (χ1v) is 10.1. The average Bonchev–Trinajstić information content (AvgIpc) is 3.02. The number of fused-ring (bicyclic) bond motifs is 3. The molecule has 130 valence electrons. The predicted molar refractivity (Wildman–Crippen MR) is 117 cm³/mol. The summed E-state index contributed by atoms with van der Waals surface area (Å²) in [5.41, 5.74) is 4.38. The van der Waals surface area contributed by atoms with E-state index in [1.165, 1.54) is 16.3 Å². The molecule has 5 aromatic rings. The van der Waals surface area contributed by atoms with E-state index in [0.717, 1.165) is 26.0 Å². The molecule has 0 saturated heterocycles. The largest absolute Gasteiger partial charge is 0.309 e. The molecule has 0 aliphatic rings. The number of para-hydroxylation sites is 3. The van der Waals surface area contributed by atoms with Crippen molar-refractivity contribution in [3.8, 4) is 17.1 Å². The van der Waals surface area contributed by atoms with Gasteiger partial charge in [-0.05, 0) is 56.1 Å². The van der Waals surface area contributed by atoms with Crippen LogP contribution in [0.1, 0.15) is 0 Å². The molecule has 27 heavy (non-hydrogen) atoms. The van der Waals surface area contributed by atoms with E-state index in [0.29, 0.717) is 5.82 Å². The van der Waals surface area contributed by atoms with Crippen LogP contribution in [0.15, 0.2) is 88.1 Å². The minimum atomic E-state index is 0.682. The van der Waals surface area contributed by atoms with Gasteiger partial charge in [-0.25, -0.2) is 9.97 Å². The van der Waals surface area contributed by atoms with Crippen molar-refractivity contribution < 1.29 is 0 Å². The third kappa shape index (κ3) is 2.78. The Morgan fingerprint density at radius 3 is 2.11 bits per heavy atom. The standard InChI is InChI=1S/C22H13Br2N3/c23-19-13-20(24)26-22(25-19)17-11-6-10-16-15-9-4-5-12-18(15)27(21(16)17)14-7-2-1-3-8-14/h1-13H. The van der Waals surface area contributed by atoms with Crippen molar-refractivity contribution in [3.05, 3.63) is 88.1 Å². The Morgan fingerprint density at radius 2 is 1.33 bits per heavy atom. The normalized spacial score (nSPS) is 11.3. The Balaban J connectivity index is 1.97. The zero-order chi connectivity index (χ0) is 18.4. The van der Waals surface area contributed by atoms with Crippen molar-refractivity contribution in [1.82, 2.24) is 14.5 Å². The van der Waals surface area contributed by atoms with Crippen LogP contribution in [0, 0.1) is 0 Å². The smallest absolute Gasteiger partial charge is 0.163 e. The molecule has 5 rings (SSSR count). The minimum Gasteiger partial charge on any atom is -0.309 e. The molecule has 0 aliphatic carbocycles. The summed E-state index contributed by atoms with van der Waals surface area (Å²) in [7, 11) is 0. The van der Waals surface area contributed by atoms with Crippen LogP contribution in [-0.2, 0) is 0 Å². The summed E-state index contributed by atoms with van der Waals surface area (Å²) in [5, 5.41) is 2.40. The van der Waals surface area contributed by atoms with Crippen LogP contribution in [0.4, 0.5) is 0 Å². The summed E-state index contributed by atoms with van der Waals surface area (Å²) in [4.78, 5) is 9.24. The van der Waals surface area contributed by atoms with Crippen molar-refractivity contribution in [1.29, 1.82) is 0 Å². The van der Waals surface area contributed by atoms with Crippen LogP contribution < -0.4 is 0 Å². The third-order valence-corrected chi connectivity index (χ3v) is 5.43. The van der Waals surface area contributed by atoms with E-state index in [1.807, 2.05) is 12.1 Å². The second kappa shape index (κ2) is 6.59. The first-order valence-electron chi connectivity index (χ1n) is 8.50. The average molecular weight is 479 g/mol. The molecule has 0 N–H and O–H groups in total. The SMILES string of the molecule is Brc1cc(Br)nc(-c2cccc3c4ccccc4n(-c4ccccc4)c23)n1. The Labute approximate surface area is 173 Å². The lowest BCUT2D eigenvalue weighted by molar-refractivity contribution is 1.11. The fourth-order valence-electron chi connectivity index (χ4n) is 3.55. The lowest BCUT2D eigenvalue weighted by atomic mass is 10.1. The molecular formula is C22H13Br2N3. The first-order chi connectivity index (χ1) is 13.2. The molecule has 0 spiro atoms. The highest BCUT2D eigenvalue weighted by molar-refractivity contribution is 9.11. The van der Waals surface area contributed by atoms with Gasteiger partial charge in [-0.3, -0.25) is 0 Å². The van der Waals surface area contributed by atoms with Crippen LogP contribution in [0.5, 0.6) is 0 Å². The zero-order valence-corrected chi connectivity index (χ0v) is 17.3. The maximum Gasteiger partial charge on any atom is 0.163 e. The molecule has 0 atom stereocenters. The summed E-state index contributed by atoms with van der Waals surface area (Å²) in [6, 6.07) is 27.0. The Bertz CT molecular complexity index is 1270. The van der Waals surface area contributed by atoms with E-state index < -0.39 is 0 Å². The number of halogens is 2. The van der Waals surface area contributed by atoms with Gasteiger partial charge in [-0.15, -0.1) is 0 Å². The molecule has 0 fully saturated rings. The summed E-state index contributed by atoms with van der Waals surface area (Å²) in [5.74, 6) is 0.682. The van der Waals surface area contributed by atoms with Gasteiger partial charge >= 0.3 is 0 Å². The van der Waals surface area contributed by atoms with E-state index in [-0.39, 0.29) is 0 Å². The molecule has 0 bridgehead atoms. The Kier molecular flexibility index (Phi) is 4.06. The number of hydrogen-bond donors (Lipinski definition) is 0. The quantitative estimate of drug-likeness (QED) is 0.262. The van der Waals surface area contributed by atoms with Gasteiger partial charge < -0.3 is 4.57 Å². The minimum absolute atomic E-state index is 0.682. The summed E-state index contributed by atoms with van der Waals surface area (Å²) >= 11 is 6.97. The van der Waals surface area contributed by atoms with Crippen LogP contribution in [-0.4, -0.2) is 14.5 Å². The maximum absolute atomic E-state index is 4.62. The number of nitrogens with zero attached hydrogens (tertiary/aromatic N) is 3. The topological polar surface area (TPSA) is 30.7 Å². The highest BCUT2D eigenvalue weighted by Gasteiger charge is 2.17. The number of rotatable bonds is 2. The van der Waals surface area contributed by atoms with Crippen molar-refractivity contribution in [2.75, 3.05) is 0 Å². The van der Waals surface area contributed by atoms with Gasteiger partial charge in [0, 0.05) is 28.1 Å². The predicted octanol–water partition coefficient (Wildman–Crippen LogP) is 6.77. The van der Waals surface area contributed by atoms with Gasteiger partial charge in [-0.2, -0.15) is 0 Å². The van der Waals surface area contributed by atoms with Crippen LogP contribution >= 0.6 is 31.9 Å². The number of hydrogen-bond acceptors (Lipinski definition) is 2. The molecule has 2 aromatic heterocycles. The van der Waals surface area contributed by atoms with Crippen molar-refractivity contribution in [3.63, 3.8) is 0 Å². The van der Waals surface area contributed by atoms with Gasteiger partial charge in [0.1, 0.15) is 9.21 Å². The van der Waals surface area contributed by atoms with Crippen molar-refractivity contribution >= 4 is 53.7 Å². The molecular weight excluding hydrogens is 466 g/mol. The van der Waals surface area contributed by atoms with Crippen molar-refractivity contribution in [2.45, 2.75) is 0 Å². The second-order valence-corrected chi connectivity index (χ2v) is 7.85. The molecule has 0 saturated carbocycles. The first kappa shape index (κ1) is 16.7. The maximum atomic E-state index is 4.62. The summed E-state index contributed by atoms with van der Waals surface area (Å²) < 4.78 is 3.79. The third-order valence-electron chi connectivity index (χ3n) is 4.61. The molecule has 3 nitrogen and oxygen atoms in total. The fourth-order valence-corrected chi connectivity index (χ4v) is 4.63. The van der Waals surface area contributed by atoms with Crippen molar-refractivity contribution in [2.24, 2.45) is 0 Å². The van der Waals surface area contributed by atoms with Crippen LogP contribution in [0.2, 0.25) is 0 Å². The van der Waals surface area contributed by atoms with E-state index >= 15 is 0 Å². The Hall–Kier alpha value is -2.50. The molecule has 2 heterocycles. The van der Waals surface area contributed by atoms with Gasteiger partial charge in [0.15, 0.2) is 5.82 Å². The molecule has 0 radical (unpaired) electrons. The van der Waals surface area contributed by atoms with Crippen LogP contribution in [0.3, 0.4) is 0 Å². The molecule has 0 aliphatic heterocycles. The second-order valence-electron chi connectivity index (χ2n) is 6.23. The zero-order valence-electron chi connectivity index (χ0n) is 14.1. The Morgan fingerprint density at radius 1 is 0.667 bits per heavy atom. The highest BCUT2D eigenvalue weighted by Crippen LogP contribution is 2.37. The van der Waals surface area contributed by atoms with E-state index in [2.05, 4.69) is 113 Å². The molecule has 0 unspecified atom stereocenters. The number of benzene rings is 3. The molecule has 0 amide bonds. The van der Waals surface area contributed by atoms with Gasteiger partial charge in [0.05, 0.1) is 11.0 Å². The lowest BCUT2D eigenvalue weighted by Gasteiger charge is -2.11. The van der Waals surface area contributed by atoms with E-state index in [4.69, 9.17) is 0 Å². The number of aromatic nitrogens is 3.